The van der Waals surface area contributed by atoms with E-state index in [1.807, 2.05) is 36.4 Å². The van der Waals surface area contributed by atoms with E-state index in [0.717, 1.165) is 47.9 Å². The lowest BCUT2D eigenvalue weighted by atomic mass is 9.89. The van der Waals surface area contributed by atoms with Gasteiger partial charge in [0.2, 0.25) is 5.91 Å². The molecule has 140 valence electrons. The SMILES string of the molecule is NC(=O)C1(NC(=O)NC2c3ccccc3-c3ccccc32)CCCCCC1. The number of primary amides is 1. The fourth-order valence-electron chi connectivity index (χ4n) is 4.46. The molecule has 3 amide bonds. The number of carbonyl (C=O) groups is 2. The smallest absolute Gasteiger partial charge is 0.316 e. The zero-order valence-electron chi connectivity index (χ0n) is 15.3. The molecule has 5 nitrogen and oxygen atoms in total. The van der Waals surface area contributed by atoms with Gasteiger partial charge in [0.25, 0.3) is 0 Å². The second-order valence-corrected chi connectivity index (χ2v) is 7.57. The fraction of sp³-hybridized carbons (Fsp3) is 0.364. The van der Waals surface area contributed by atoms with Gasteiger partial charge in [0.1, 0.15) is 5.54 Å². The molecular formula is C22H25N3O2. The topological polar surface area (TPSA) is 84.2 Å². The molecule has 2 aromatic rings. The largest absolute Gasteiger partial charge is 0.368 e. The van der Waals surface area contributed by atoms with E-state index in [0.29, 0.717) is 12.8 Å². The quantitative estimate of drug-likeness (QED) is 0.728. The number of hydrogen-bond acceptors (Lipinski definition) is 2. The van der Waals surface area contributed by atoms with Crippen molar-refractivity contribution in [3.8, 4) is 11.1 Å². The fourth-order valence-corrected chi connectivity index (χ4v) is 4.46. The highest BCUT2D eigenvalue weighted by molar-refractivity contribution is 5.90. The second-order valence-electron chi connectivity index (χ2n) is 7.57. The van der Waals surface area contributed by atoms with Gasteiger partial charge in [-0.15, -0.1) is 0 Å². The minimum Gasteiger partial charge on any atom is -0.368 e. The lowest BCUT2D eigenvalue weighted by Gasteiger charge is -2.31. The van der Waals surface area contributed by atoms with Crippen LogP contribution in [0.3, 0.4) is 0 Å². The number of benzene rings is 2. The molecule has 0 spiro atoms. The molecule has 0 bridgehead atoms. The van der Waals surface area contributed by atoms with Crippen LogP contribution in [0.5, 0.6) is 0 Å². The highest BCUT2D eigenvalue weighted by Gasteiger charge is 2.39. The first-order valence-electron chi connectivity index (χ1n) is 9.67. The molecule has 0 unspecified atom stereocenters. The van der Waals surface area contributed by atoms with E-state index in [9.17, 15) is 9.59 Å². The predicted octanol–water partition coefficient (Wildman–Crippen LogP) is 3.63. The van der Waals surface area contributed by atoms with Crippen molar-refractivity contribution < 1.29 is 9.59 Å². The van der Waals surface area contributed by atoms with Crippen LogP contribution < -0.4 is 16.4 Å². The monoisotopic (exact) mass is 363 g/mol. The number of urea groups is 1. The van der Waals surface area contributed by atoms with Gasteiger partial charge in [0.05, 0.1) is 6.04 Å². The van der Waals surface area contributed by atoms with Crippen LogP contribution in [0.1, 0.15) is 55.7 Å². The maximum absolute atomic E-state index is 12.9. The first-order valence-corrected chi connectivity index (χ1v) is 9.67. The summed E-state index contributed by atoms with van der Waals surface area (Å²) in [5.74, 6) is -0.438. The number of fused-ring (bicyclic) bond motifs is 3. The molecule has 5 heteroatoms. The third-order valence-electron chi connectivity index (χ3n) is 5.89. The minimum absolute atomic E-state index is 0.229. The third kappa shape index (κ3) is 3.18. The first kappa shape index (κ1) is 17.6. The Morgan fingerprint density at radius 3 is 1.89 bits per heavy atom. The molecule has 1 fully saturated rings. The summed E-state index contributed by atoms with van der Waals surface area (Å²) in [6.45, 7) is 0. The van der Waals surface area contributed by atoms with E-state index >= 15 is 0 Å². The molecular weight excluding hydrogens is 338 g/mol. The number of hydrogen-bond donors (Lipinski definition) is 3. The molecule has 0 aliphatic heterocycles. The zero-order valence-corrected chi connectivity index (χ0v) is 15.3. The average Bonchev–Trinajstić information content (AvgIpc) is 2.82. The van der Waals surface area contributed by atoms with Crippen molar-refractivity contribution in [2.75, 3.05) is 0 Å². The summed E-state index contributed by atoms with van der Waals surface area (Å²) in [5, 5.41) is 6.02. The van der Waals surface area contributed by atoms with Crippen LogP contribution in [0.4, 0.5) is 4.79 Å². The summed E-state index contributed by atoms with van der Waals surface area (Å²) in [4.78, 5) is 25.1. The van der Waals surface area contributed by atoms with Gasteiger partial charge in [-0.25, -0.2) is 4.79 Å². The van der Waals surface area contributed by atoms with Gasteiger partial charge in [0.15, 0.2) is 0 Å². The standard InChI is InChI=1S/C22H25N3O2/c23-20(26)22(13-7-1-2-8-14-22)25-21(27)24-19-17-11-5-3-9-15(17)16-10-4-6-12-18(16)19/h3-6,9-12,19H,1-2,7-8,13-14H2,(H2,23,26)(H2,24,25,27). The van der Waals surface area contributed by atoms with Crippen LogP contribution in [-0.4, -0.2) is 17.5 Å². The molecule has 1 saturated carbocycles. The normalized spacial score (nSPS) is 18.1. The van der Waals surface area contributed by atoms with E-state index < -0.39 is 11.4 Å². The van der Waals surface area contributed by atoms with Crippen LogP contribution in [0.25, 0.3) is 11.1 Å². The molecule has 0 radical (unpaired) electrons. The van der Waals surface area contributed by atoms with E-state index in [-0.39, 0.29) is 12.1 Å². The summed E-state index contributed by atoms with van der Waals surface area (Å²) in [7, 11) is 0. The van der Waals surface area contributed by atoms with Gasteiger partial charge in [-0.3, -0.25) is 4.79 Å². The molecule has 0 heterocycles. The van der Waals surface area contributed by atoms with E-state index in [4.69, 9.17) is 5.73 Å². The zero-order chi connectivity index (χ0) is 18.9. The number of nitrogens with two attached hydrogens (primary N) is 1. The van der Waals surface area contributed by atoms with Crippen LogP contribution in [0.15, 0.2) is 48.5 Å². The molecule has 4 N–H and O–H groups in total. The number of rotatable bonds is 3. The minimum atomic E-state index is -0.946. The van der Waals surface area contributed by atoms with Gasteiger partial charge < -0.3 is 16.4 Å². The van der Waals surface area contributed by atoms with Crippen molar-refractivity contribution in [3.63, 3.8) is 0 Å². The highest BCUT2D eigenvalue weighted by Crippen LogP contribution is 2.43. The summed E-state index contributed by atoms with van der Waals surface area (Å²) in [5.41, 5.74) is 9.17. The summed E-state index contributed by atoms with van der Waals surface area (Å²) in [6.07, 6.45) is 5.15. The van der Waals surface area contributed by atoms with Crippen molar-refractivity contribution in [2.24, 2.45) is 5.73 Å². The maximum Gasteiger partial charge on any atom is 0.316 e. The van der Waals surface area contributed by atoms with Crippen molar-refractivity contribution in [1.29, 1.82) is 0 Å². The number of amides is 3. The summed E-state index contributed by atoms with van der Waals surface area (Å²) < 4.78 is 0. The van der Waals surface area contributed by atoms with Crippen LogP contribution in [-0.2, 0) is 4.79 Å². The average molecular weight is 363 g/mol. The first-order chi connectivity index (χ1) is 13.1. The molecule has 0 aromatic heterocycles. The molecule has 4 rings (SSSR count). The predicted molar refractivity (Wildman–Crippen MR) is 105 cm³/mol. The Kier molecular flexibility index (Phi) is 4.60. The van der Waals surface area contributed by atoms with Gasteiger partial charge >= 0.3 is 6.03 Å². The van der Waals surface area contributed by atoms with Crippen LogP contribution in [0, 0.1) is 0 Å². The lowest BCUT2D eigenvalue weighted by molar-refractivity contribution is -0.124. The van der Waals surface area contributed by atoms with Crippen LogP contribution >= 0.6 is 0 Å². The Hall–Kier alpha value is -2.82. The molecule has 0 saturated heterocycles. The third-order valence-corrected chi connectivity index (χ3v) is 5.89. The molecule has 2 aliphatic rings. The Labute approximate surface area is 159 Å². The van der Waals surface area contributed by atoms with Crippen molar-refractivity contribution in [1.82, 2.24) is 10.6 Å². The van der Waals surface area contributed by atoms with Crippen LogP contribution in [0.2, 0.25) is 0 Å². The van der Waals surface area contributed by atoms with E-state index in [1.165, 1.54) is 0 Å². The Morgan fingerprint density at radius 2 is 1.37 bits per heavy atom. The van der Waals surface area contributed by atoms with Gasteiger partial charge in [-0.1, -0.05) is 74.2 Å². The number of carbonyl (C=O) groups excluding carboxylic acids is 2. The van der Waals surface area contributed by atoms with Gasteiger partial charge in [-0.2, -0.15) is 0 Å². The Bertz CT molecular complexity index is 824. The Morgan fingerprint density at radius 1 is 0.852 bits per heavy atom. The van der Waals surface area contributed by atoms with E-state index in [1.54, 1.807) is 0 Å². The maximum atomic E-state index is 12.9. The van der Waals surface area contributed by atoms with E-state index in [2.05, 4.69) is 22.8 Å². The van der Waals surface area contributed by atoms with Gasteiger partial charge in [0, 0.05) is 0 Å². The molecule has 0 atom stereocenters. The van der Waals surface area contributed by atoms with Crippen molar-refractivity contribution >= 4 is 11.9 Å². The molecule has 2 aliphatic carbocycles. The van der Waals surface area contributed by atoms with Crippen molar-refractivity contribution in [3.05, 3.63) is 59.7 Å². The van der Waals surface area contributed by atoms with Crippen molar-refractivity contribution in [2.45, 2.75) is 50.1 Å². The summed E-state index contributed by atoms with van der Waals surface area (Å²) in [6, 6.07) is 15.6. The number of nitrogens with one attached hydrogen (secondary N) is 2. The lowest BCUT2D eigenvalue weighted by Crippen LogP contribution is -2.59. The molecule has 27 heavy (non-hydrogen) atoms. The highest BCUT2D eigenvalue weighted by atomic mass is 16.2. The Balaban J connectivity index is 1.58. The summed E-state index contributed by atoms with van der Waals surface area (Å²) >= 11 is 0. The molecule has 2 aromatic carbocycles. The second kappa shape index (κ2) is 7.06. The van der Waals surface area contributed by atoms with Gasteiger partial charge in [-0.05, 0) is 35.1 Å².